The van der Waals surface area contributed by atoms with Gasteiger partial charge in [-0.3, -0.25) is 0 Å². The highest BCUT2D eigenvalue weighted by Gasteiger charge is 2.05. The molecule has 0 aromatic heterocycles. The minimum atomic E-state index is 0.508. The van der Waals surface area contributed by atoms with E-state index in [-0.39, 0.29) is 0 Å². The summed E-state index contributed by atoms with van der Waals surface area (Å²) in [6.45, 7) is 4.79. The van der Waals surface area contributed by atoms with Crippen LogP contribution in [0.15, 0.2) is 41.3 Å². The fourth-order valence-electron chi connectivity index (χ4n) is 2.17. The molecule has 2 aromatic rings. The number of hydrogen-bond acceptors (Lipinski definition) is 3. The van der Waals surface area contributed by atoms with Gasteiger partial charge >= 0.3 is 0 Å². The van der Waals surface area contributed by atoms with Gasteiger partial charge in [0, 0.05) is 22.8 Å². The molecule has 0 fully saturated rings. The van der Waals surface area contributed by atoms with Crippen LogP contribution in [0.3, 0.4) is 0 Å². The highest BCUT2D eigenvalue weighted by Crippen LogP contribution is 2.28. The molecule has 2 aromatic carbocycles. The van der Waals surface area contributed by atoms with E-state index in [0.29, 0.717) is 6.54 Å². The molecule has 2 nitrogen and oxygen atoms in total. The van der Waals surface area contributed by atoms with Crippen molar-refractivity contribution < 1.29 is 4.74 Å². The smallest absolute Gasteiger partial charge is 0.123 e. The van der Waals surface area contributed by atoms with Crippen LogP contribution in [0.2, 0.25) is 0 Å². The SMILES string of the molecule is COc1cc(CSc2ccc(C)cc2C)ccc1CN. The Kier molecular flexibility index (Phi) is 5.10. The van der Waals surface area contributed by atoms with Crippen LogP contribution in [0.1, 0.15) is 22.3 Å². The summed E-state index contributed by atoms with van der Waals surface area (Å²) in [5, 5.41) is 0. The maximum Gasteiger partial charge on any atom is 0.123 e. The van der Waals surface area contributed by atoms with E-state index in [9.17, 15) is 0 Å². The molecule has 0 aliphatic heterocycles. The van der Waals surface area contributed by atoms with Crippen molar-refractivity contribution in [2.75, 3.05) is 7.11 Å². The highest BCUT2D eigenvalue weighted by molar-refractivity contribution is 7.98. The first kappa shape index (κ1) is 14.9. The quantitative estimate of drug-likeness (QED) is 0.842. The molecule has 0 spiro atoms. The Morgan fingerprint density at radius 2 is 1.90 bits per heavy atom. The maximum atomic E-state index is 5.69. The van der Waals surface area contributed by atoms with E-state index in [1.807, 2.05) is 11.8 Å². The summed E-state index contributed by atoms with van der Waals surface area (Å²) < 4.78 is 5.38. The molecular formula is C17H21NOS. The first-order valence-electron chi connectivity index (χ1n) is 6.70. The summed E-state index contributed by atoms with van der Waals surface area (Å²) >= 11 is 1.85. The molecular weight excluding hydrogens is 266 g/mol. The number of nitrogens with two attached hydrogens (primary N) is 1. The van der Waals surface area contributed by atoms with Gasteiger partial charge in [0.2, 0.25) is 0 Å². The molecule has 0 unspecified atom stereocenters. The van der Waals surface area contributed by atoms with E-state index in [4.69, 9.17) is 10.5 Å². The normalized spacial score (nSPS) is 10.6. The second-order valence-corrected chi connectivity index (χ2v) is 5.93. The molecule has 0 bridgehead atoms. The fourth-order valence-corrected chi connectivity index (χ4v) is 3.12. The summed E-state index contributed by atoms with van der Waals surface area (Å²) in [4.78, 5) is 1.33. The molecule has 0 amide bonds. The van der Waals surface area contributed by atoms with Crippen molar-refractivity contribution in [1.29, 1.82) is 0 Å². The van der Waals surface area contributed by atoms with Crippen LogP contribution in [-0.2, 0) is 12.3 Å². The van der Waals surface area contributed by atoms with E-state index in [1.54, 1.807) is 7.11 Å². The fraction of sp³-hybridized carbons (Fsp3) is 0.294. The van der Waals surface area contributed by atoms with Crippen molar-refractivity contribution in [3.05, 3.63) is 58.7 Å². The monoisotopic (exact) mass is 287 g/mol. The lowest BCUT2D eigenvalue weighted by atomic mass is 10.1. The van der Waals surface area contributed by atoms with Crippen molar-refractivity contribution in [3.63, 3.8) is 0 Å². The van der Waals surface area contributed by atoms with Crippen molar-refractivity contribution >= 4 is 11.8 Å². The summed E-state index contributed by atoms with van der Waals surface area (Å²) in [5.41, 5.74) is 10.6. The Morgan fingerprint density at radius 1 is 1.10 bits per heavy atom. The predicted molar refractivity (Wildman–Crippen MR) is 86.4 cm³/mol. The topological polar surface area (TPSA) is 35.2 Å². The van der Waals surface area contributed by atoms with Crippen molar-refractivity contribution in [2.24, 2.45) is 5.73 Å². The summed E-state index contributed by atoms with van der Waals surface area (Å²) in [6.07, 6.45) is 0. The third kappa shape index (κ3) is 3.56. The van der Waals surface area contributed by atoms with Gasteiger partial charge in [0.05, 0.1) is 7.11 Å². The minimum absolute atomic E-state index is 0.508. The zero-order valence-corrected chi connectivity index (χ0v) is 13.1. The highest BCUT2D eigenvalue weighted by atomic mass is 32.2. The Hall–Kier alpha value is -1.45. The van der Waals surface area contributed by atoms with Gasteiger partial charge in [-0.25, -0.2) is 0 Å². The van der Waals surface area contributed by atoms with Gasteiger partial charge in [-0.05, 0) is 37.1 Å². The van der Waals surface area contributed by atoms with Gasteiger partial charge in [0.25, 0.3) is 0 Å². The second-order valence-electron chi connectivity index (χ2n) is 4.91. The van der Waals surface area contributed by atoms with Gasteiger partial charge in [0.15, 0.2) is 0 Å². The largest absolute Gasteiger partial charge is 0.496 e. The molecule has 2 N–H and O–H groups in total. The van der Waals surface area contributed by atoms with Crippen molar-refractivity contribution in [1.82, 2.24) is 0 Å². The molecule has 0 saturated heterocycles. The van der Waals surface area contributed by atoms with Gasteiger partial charge in [-0.2, -0.15) is 0 Å². The molecule has 0 heterocycles. The zero-order valence-electron chi connectivity index (χ0n) is 12.3. The van der Waals surface area contributed by atoms with E-state index in [2.05, 4.69) is 50.2 Å². The second kappa shape index (κ2) is 6.82. The van der Waals surface area contributed by atoms with Crippen LogP contribution in [0.4, 0.5) is 0 Å². The van der Waals surface area contributed by atoms with Gasteiger partial charge in [0.1, 0.15) is 5.75 Å². The molecule has 0 saturated carbocycles. The van der Waals surface area contributed by atoms with Crippen LogP contribution in [0, 0.1) is 13.8 Å². The number of benzene rings is 2. The summed E-state index contributed by atoms with van der Waals surface area (Å²) in [7, 11) is 1.69. The third-order valence-corrected chi connectivity index (χ3v) is 4.54. The number of methoxy groups -OCH3 is 1. The molecule has 0 aliphatic carbocycles. The zero-order chi connectivity index (χ0) is 14.5. The number of aryl methyl sites for hydroxylation is 2. The van der Waals surface area contributed by atoms with Crippen LogP contribution < -0.4 is 10.5 Å². The average Bonchev–Trinajstić information content (AvgIpc) is 2.46. The Morgan fingerprint density at radius 3 is 2.55 bits per heavy atom. The lowest BCUT2D eigenvalue weighted by Crippen LogP contribution is -2.00. The van der Waals surface area contributed by atoms with Crippen LogP contribution >= 0.6 is 11.8 Å². The molecule has 0 aliphatic rings. The first-order chi connectivity index (χ1) is 9.63. The number of thioether (sulfide) groups is 1. The minimum Gasteiger partial charge on any atom is -0.496 e. The van der Waals surface area contributed by atoms with E-state index in [0.717, 1.165) is 17.1 Å². The first-order valence-corrected chi connectivity index (χ1v) is 7.68. The van der Waals surface area contributed by atoms with Crippen molar-refractivity contribution in [3.8, 4) is 5.75 Å². The number of ether oxygens (including phenoxy) is 1. The van der Waals surface area contributed by atoms with Gasteiger partial charge < -0.3 is 10.5 Å². The standard InChI is InChI=1S/C17H21NOS/c1-12-4-7-17(13(2)8-12)20-11-14-5-6-15(10-18)16(9-14)19-3/h4-9H,10-11,18H2,1-3H3. The molecule has 106 valence electrons. The van der Waals surface area contributed by atoms with E-state index in [1.165, 1.54) is 21.6 Å². The number of rotatable bonds is 5. The molecule has 0 radical (unpaired) electrons. The van der Waals surface area contributed by atoms with Crippen molar-refractivity contribution in [2.45, 2.75) is 31.0 Å². The molecule has 0 atom stereocenters. The molecule has 20 heavy (non-hydrogen) atoms. The van der Waals surface area contributed by atoms with Crippen LogP contribution in [0.25, 0.3) is 0 Å². The molecule has 3 heteroatoms. The predicted octanol–water partition coefficient (Wildman–Crippen LogP) is 4.06. The van der Waals surface area contributed by atoms with Gasteiger partial charge in [-0.1, -0.05) is 29.8 Å². The van der Waals surface area contributed by atoms with Crippen LogP contribution in [0.5, 0.6) is 5.75 Å². The van der Waals surface area contributed by atoms with Crippen LogP contribution in [-0.4, -0.2) is 7.11 Å². The van der Waals surface area contributed by atoms with E-state index < -0.39 is 0 Å². The molecule has 2 rings (SSSR count). The third-order valence-electron chi connectivity index (χ3n) is 3.30. The Balaban J connectivity index is 2.10. The lowest BCUT2D eigenvalue weighted by molar-refractivity contribution is 0.409. The maximum absolute atomic E-state index is 5.69. The number of hydrogen-bond donors (Lipinski definition) is 1. The lowest BCUT2D eigenvalue weighted by Gasteiger charge is -2.10. The average molecular weight is 287 g/mol. The Bertz CT molecular complexity index is 596. The van der Waals surface area contributed by atoms with E-state index >= 15 is 0 Å². The van der Waals surface area contributed by atoms with Gasteiger partial charge in [-0.15, -0.1) is 11.8 Å². The Labute approximate surface area is 125 Å². The summed E-state index contributed by atoms with van der Waals surface area (Å²) in [6, 6.07) is 12.8. The summed E-state index contributed by atoms with van der Waals surface area (Å²) in [5.74, 6) is 1.82.